The van der Waals surface area contributed by atoms with E-state index < -0.39 is 7.92 Å². The third-order valence-corrected chi connectivity index (χ3v) is 9.30. The first kappa shape index (κ1) is 22.5. The normalized spacial score (nSPS) is 11.3. The first-order valence-electron chi connectivity index (χ1n) is 12.2. The van der Waals surface area contributed by atoms with Crippen molar-refractivity contribution in [2.45, 2.75) is 6.92 Å². The lowest BCUT2D eigenvalue weighted by Crippen LogP contribution is -2.22. The van der Waals surface area contributed by atoms with Gasteiger partial charge in [0.2, 0.25) is 0 Å². The Labute approximate surface area is 213 Å². The molecule has 6 rings (SSSR count). The Hall–Kier alpha value is -3.93. The molecule has 0 bridgehead atoms. The zero-order valence-corrected chi connectivity index (χ0v) is 21.4. The third kappa shape index (κ3) is 3.87. The van der Waals surface area contributed by atoms with Crippen LogP contribution in [-0.4, -0.2) is 7.11 Å². The van der Waals surface area contributed by atoms with E-state index in [0.717, 1.165) is 11.3 Å². The van der Waals surface area contributed by atoms with Crippen LogP contribution in [0.1, 0.15) is 5.56 Å². The molecule has 0 aliphatic heterocycles. The van der Waals surface area contributed by atoms with Gasteiger partial charge in [-0.3, -0.25) is 0 Å². The highest BCUT2D eigenvalue weighted by atomic mass is 31.1. The summed E-state index contributed by atoms with van der Waals surface area (Å²) in [4.78, 5) is 0. The van der Waals surface area contributed by atoms with Crippen LogP contribution in [0.4, 0.5) is 0 Å². The molecular weight excluding hydrogens is 455 g/mol. The van der Waals surface area contributed by atoms with Crippen LogP contribution in [0.2, 0.25) is 0 Å². The molecule has 0 aliphatic rings. The van der Waals surface area contributed by atoms with Crippen LogP contribution >= 0.6 is 7.92 Å². The van der Waals surface area contributed by atoms with Crippen molar-refractivity contribution in [1.82, 2.24) is 0 Å². The van der Waals surface area contributed by atoms with Gasteiger partial charge in [0.15, 0.2) is 0 Å². The minimum atomic E-state index is -0.802. The van der Waals surface area contributed by atoms with Crippen molar-refractivity contribution in [3.05, 3.63) is 133 Å². The van der Waals surface area contributed by atoms with Crippen molar-refractivity contribution in [2.24, 2.45) is 0 Å². The smallest absolute Gasteiger partial charge is 0.130 e. The fraction of sp³-hybridized carbons (Fsp3) is 0.0588. The van der Waals surface area contributed by atoms with Crippen molar-refractivity contribution in [3.63, 3.8) is 0 Å². The Morgan fingerprint density at radius 3 is 1.67 bits per heavy atom. The first-order chi connectivity index (χ1) is 17.8. The standard InChI is InChI=1S/C34H27OP/c1-24-23-26-14-10-12-20-30(26)33(34(24)35-2)32-29-19-11-9-13-25(29)21-22-31(32)36(27-15-5-3-6-16-27)28-17-7-4-8-18-28/h3-23H,1-2H3. The van der Waals surface area contributed by atoms with Crippen molar-refractivity contribution >= 4 is 45.4 Å². The molecule has 2 heteroatoms. The Balaban J connectivity index is 1.79. The van der Waals surface area contributed by atoms with Crippen LogP contribution in [-0.2, 0) is 0 Å². The van der Waals surface area contributed by atoms with E-state index in [1.165, 1.54) is 48.6 Å². The number of aryl methyl sites for hydroxylation is 1. The van der Waals surface area contributed by atoms with Gasteiger partial charge in [-0.05, 0) is 63.9 Å². The molecule has 0 atom stereocenters. The minimum absolute atomic E-state index is 0.802. The maximum atomic E-state index is 6.14. The Morgan fingerprint density at radius 1 is 0.528 bits per heavy atom. The van der Waals surface area contributed by atoms with E-state index >= 15 is 0 Å². The van der Waals surface area contributed by atoms with E-state index in [4.69, 9.17) is 4.74 Å². The van der Waals surface area contributed by atoms with Gasteiger partial charge >= 0.3 is 0 Å². The van der Waals surface area contributed by atoms with Gasteiger partial charge in [0.25, 0.3) is 0 Å². The van der Waals surface area contributed by atoms with E-state index in [2.05, 4.69) is 134 Å². The van der Waals surface area contributed by atoms with Gasteiger partial charge in [-0.2, -0.15) is 0 Å². The summed E-state index contributed by atoms with van der Waals surface area (Å²) in [6, 6.07) is 46.1. The molecule has 0 amide bonds. The number of fused-ring (bicyclic) bond motifs is 2. The summed E-state index contributed by atoms with van der Waals surface area (Å²) < 4.78 is 6.14. The molecule has 0 saturated carbocycles. The molecule has 0 unspecified atom stereocenters. The molecule has 174 valence electrons. The highest BCUT2D eigenvalue weighted by Gasteiger charge is 2.25. The fourth-order valence-corrected chi connectivity index (χ4v) is 7.75. The molecule has 0 heterocycles. The first-order valence-corrected chi connectivity index (χ1v) is 13.6. The van der Waals surface area contributed by atoms with Gasteiger partial charge in [-0.25, -0.2) is 0 Å². The number of benzene rings is 6. The summed E-state index contributed by atoms with van der Waals surface area (Å²) in [5.74, 6) is 0.947. The average molecular weight is 483 g/mol. The number of rotatable bonds is 5. The molecule has 0 spiro atoms. The van der Waals surface area contributed by atoms with E-state index in [-0.39, 0.29) is 0 Å². The van der Waals surface area contributed by atoms with Crippen molar-refractivity contribution in [1.29, 1.82) is 0 Å². The lowest BCUT2D eigenvalue weighted by atomic mass is 9.91. The van der Waals surface area contributed by atoms with Gasteiger partial charge < -0.3 is 4.74 Å². The van der Waals surface area contributed by atoms with Crippen LogP contribution in [0.3, 0.4) is 0 Å². The molecule has 0 fully saturated rings. The van der Waals surface area contributed by atoms with E-state index in [1.54, 1.807) is 7.11 Å². The average Bonchev–Trinajstić information content (AvgIpc) is 2.93. The second kappa shape index (κ2) is 9.61. The summed E-state index contributed by atoms with van der Waals surface area (Å²) in [5.41, 5.74) is 3.59. The molecule has 0 aromatic heterocycles. The lowest BCUT2D eigenvalue weighted by Gasteiger charge is -2.26. The van der Waals surface area contributed by atoms with Gasteiger partial charge in [-0.15, -0.1) is 0 Å². The van der Waals surface area contributed by atoms with Crippen LogP contribution in [0.5, 0.6) is 5.75 Å². The summed E-state index contributed by atoms with van der Waals surface area (Å²) in [6.07, 6.45) is 0. The van der Waals surface area contributed by atoms with Crippen molar-refractivity contribution in [3.8, 4) is 16.9 Å². The number of hydrogen-bond acceptors (Lipinski definition) is 1. The van der Waals surface area contributed by atoms with E-state index in [1.807, 2.05) is 0 Å². The van der Waals surface area contributed by atoms with Gasteiger partial charge in [-0.1, -0.05) is 121 Å². The number of hydrogen-bond donors (Lipinski definition) is 0. The molecule has 36 heavy (non-hydrogen) atoms. The topological polar surface area (TPSA) is 9.23 Å². The summed E-state index contributed by atoms with van der Waals surface area (Å²) >= 11 is 0. The van der Waals surface area contributed by atoms with Crippen molar-refractivity contribution in [2.75, 3.05) is 7.11 Å². The Morgan fingerprint density at radius 2 is 1.06 bits per heavy atom. The summed E-state index contributed by atoms with van der Waals surface area (Å²) in [5, 5.41) is 8.96. The van der Waals surface area contributed by atoms with Crippen LogP contribution in [0.25, 0.3) is 32.7 Å². The van der Waals surface area contributed by atoms with Crippen molar-refractivity contribution < 1.29 is 4.74 Å². The lowest BCUT2D eigenvalue weighted by molar-refractivity contribution is 0.414. The number of ether oxygens (including phenoxy) is 1. The predicted octanol–water partition coefficient (Wildman–Crippen LogP) is 7.74. The molecule has 6 aromatic rings. The van der Waals surface area contributed by atoms with Gasteiger partial charge in [0, 0.05) is 11.1 Å². The molecule has 0 aliphatic carbocycles. The summed E-state index contributed by atoms with van der Waals surface area (Å²) in [6.45, 7) is 2.15. The third-order valence-electron chi connectivity index (χ3n) is 6.82. The zero-order valence-electron chi connectivity index (χ0n) is 20.5. The van der Waals surface area contributed by atoms with Gasteiger partial charge in [0.05, 0.1) is 7.11 Å². The Kier molecular flexibility index (Phi) is 6.01. The highest BCUT2D eigenvalue weighted by Crippen LogP contribution is 2.46. The molecule has 0 radical (unpaired) electrons. The van der Waals surface area contributed by atoms with Crippen LogP contribution in [0, 0.1) is 6.92 Å². The van der Waals surface area contributed by atoms with Gasteiger partial charge in [0.1, 0.15) is 5.75 Å². The largest absolute Gasteiger partial charge is 0.496 e. The monoisotopic (exact) mass is 482 g/mol. The second-order valence-electron chi connectivity index (χ2n) is 9.01. The minimum Gasteiger partial charge on any atom is -0.496 e. The SMILES string of the molecule is COc1c(C)cc2ccccc2c1-c1c(P(c2ccccc2)c2ccccc2)ccc2ccccc12. The second-order valence-corrected chi connectivity index (χ2v) is 11.2. The van der Waals surface area contributed by atoms with Crippen LogP contribution < -0.4 is 20.7 Å². The molecule has 6 aromatic carbocycles. The quantitative estimate of drug-likeness (QED) is 0.228. The van der Waals surface area contributed by atoms with E-state index in [9.17, 15) is 0 Å². The van der Waals surface area contributed by atoms with Crippen LogP contribution in [0.15, 0.2) is 127 Å². The molecule has 1 nitrogen and oxygen atoms in total. The predicted molar refractivity (Wildman–Crippen MR) is 157 cm³/mol. The molecule has 0 saturated heterocycles. The highest BCUT2D eigenvalue weighted by molar-refractivity contribution is 7.80. The zero-order chi connectivity index (χ0) is 24.5. The maximum absolute atomic E-state index is 6.14. The van der Waals surface area contributed by atoms with E-state index in [0.29, 0.717) is 0 Å². The molecular formula is C34H27OP. The molecule has 0 N–H and O–H groups in total. The summed E-state index contributed by atoms with van der Waals surface area (Å²) in [7, 11) is 0.993. The Bertz CT molecular complexity index is 1630. The number of methoxy groups -OCH3 is 1. The fourth-order valence-electron chi connectivity index (χ4n) is 5.27. The maximum Gasteiger partial charge on any atom is 0.130 e.